The lowest BCUT2D eigenvalue weighted by Crippen LogP contribution is -2.30. The average molecular weight is 365 g/mol. The first-order valence-corrected chi connectivity index (χ1v) is 8.09. The topological polar surface area (TPSA) is 75.7 Å². The number of rotatable bonds is 6. The first-order valence-electron chi connectivity index (χ1n) is 5.81. The molecule has 1 amide bonds. The molecule has 0 unspecified atom stereocenters. The van der Waals surface area contributed by atoms with Gasteiger partial charge in [-0.1, -0.05) is 0 Å². The van der Waals surface area contributed by atoms with Crippen molar-refractivity contribution in [3.8, 4) is 5.75 Å². The normalized spacial score (nSPS) is 11.2. The first kappa shape index (κ1) is 16.9. The molecule has 20 heavy (non-hydrogen) atoms. The zero-order chi connectivity index (χ0) is 15.3. The second kappa shape index (κ2) is 7.05. The van der Waals surface area contributed by atoms with E-state index in [9.17, 15) is 13.2 Å². The Balaban J connectivity index is 2.74. The van der Waals surface area contributed by atoms with Crippen molar-refractivity contribution < 1.29 is 17.9 Å². The predicted molar refractivity (Wildman–Crippen MR) is 79.2 cm³/mol. The number of amides is 1. The summed E-state index contributed by atoms with van der Waals surface area (Å²) in [6.45, 7) is 0.0585. The van der Waals surface area contributed by atoms with Gasteiger partial charge in [0.05, 0.1) is 16.5 Å². The molecule has 8 heteroatoms. The van der Waals surface area contributed by atoms with Crippen LogP contribution < -0.4 is 9.46 Å². The Morgan fingerprint density at radius 1 is 1.40 bits per heavy atom. The van der Waals surface area contributed by atoms with Gasteiger partial charge in [0.2, 0.25) is 15.9 Å². The summed E-state index contributed by atoms with van der Waals surface area (Å²) >= 11 is 3.23. The Hall–Kier alpha value is -1.12. The van der Waals surface area contributed by atoms with Gasteiger partial charge in [-0.25, -0.2) is 13.1 Å². The van der Waals surface area contributed by atoms with Gasteiger partial charge in [-0.3, -0.25) is 4.79 Å². The molecule has 112 valence electrons. The van der Waals surface area contributed by atoms with Gasteiger partial charge < -0.3 is 9.64 Å². The van der Waals surface area contributed by atoms with Crippen molar-refractivity contribution in [1.82, 2.24) is 9.62 Å². The van der Waals surface area contributed by atoms with E-state index in [1.54, 1.807) is 20.2 Å². The quantitative estimate of drug-likeness (QED) is 0.823. The van der Waals surface area contributed by atoms with Crippen molar-refractivity contribution in [3.63, 3.8) is 0 Å². The fourth-order valence-corrected chi connectivity index (χ4v) is 3.16. The van der Waals surface area contributed by atoms with Crippen LogP contribution in [0, 0.1) is 0 Å². The molecule has 0 spiro atoms. The van der Waals surface area contributed by atoms with E-state index in [0.717, 1.165) is 0 Å². The molecule has 6 nitrogen and oxygen atoms in total. The van der Waals surface area contributed by atoms with E-state index in [2.05, 4.69) is 20.7 Å². The molecule has 1 rings (SSSR count). The Morgan fingerprint density at radius 2 is 2.05 bits per heavy atom. The van der Waals surface area contributed by atoms with Gasteiger partial charge in [-0.05, 0) is 34.1 Å². The number of ether oxygens (including phenoxy) is 1. The summed E-state index contributed by atoms with van der Waals surface area (Å²) in [5.74, 6) is 0.412. The second-order valence-electron chi connectivity index (χ2n) is 4.23. The number of nitrogens with zero attached hydrogens (tertiary/aromatic N) is 1. The van der Waals surface area contributed by atoms with Crippen LogP contribution in [0.15, 0.2) is 27.6 Å². The molecule has 0 fully saturated rings. The maximum atomic E-state index is 12.0. The summed E-state index contributed by atoms with van der Waals surface area (Å²) in [6.07, 6.45) is 0.115. The fraction of sp³-hybridized carbons (Fsp3) is 0.417. The lowest BCUT2D eigenvalue weighted by atomic mass is 10.3. The molecular formula is C12H17BrN2O4S. The number of sulfonamides is 1. The van der Waals surface area contributed by atoms with Crippen molar-refractivity contribution in [3.05, 3.63) is 22.7 Å². The van der Waals surface area contributed by atoms with Crippen molar-refractivity contribution in [2.45, 2.75) is 11.3 Å². The van der Waals surface area contributed by atoms with Gasteiger partial charge in [0.15, 0.2) is 0 Å². The van der Waals surface area contributed by atoms with Crippen LogP contribution in [0.3, 0.4) is 0 Å². The van der Waals surface area contributed by atoms with Gasteiger partial charge in [-0.2, -0.15) is 0 Å². The van der Waals surface area contributed by atoms with E-state index in [4.69, 9.17) is 4.74 Å². The smallest absolute Gasteiger partial charge is 0.240 e. The summed E-state index contributed by atoms with van der Waals surface area (Å²) in [4.78, 5) is 12.9. The molecule has 0 aliphatic carbocycles. The van der Waals surface area contributed by atoms with E-state index >= 15 is 0 Å². The summed E-state index contributed by atoms with van der Waals surface area (Å²) < 4.78 is 32.1. The SMILES string of the molecule is COc1ccc(S(=O)(=O)NCCC(=O)N(C)C)cc1Br. The number of methoxy groups -OCH3 is 1. The Bertz CT molecular complexity index is 587. The van der Waals surface area contributed by atoms with E-state index < -0.39 is 10.0 Å². The maximum absolute atomic E-state index is 12.0. The monoisotopic (exact) mass is 364 g/mol. The zero-order valence-corrected chi connectivity index (χ0v) is 13.9. The molecule has 1 aromatic rings. The first-order chi connectivity index (χ1) is 9.27. The number of nitrogens with one attached hydrogen (secondary N) is 1. The summed E-state index contributed by atoms with van der Waals surface area (Å²) in [6, 6.07) is 4.46. The lowest BCUT2D eigenvalue weighted by Gasteiger charge is -2.11. The average Bonchev–Trinajstić information content (AvgIpc) is 2.38. The number of carbonyl (C=O) groups excluding carboxylic acids is 1. The van der Waals surface area contributed by atoms with Crippen LogP contribution in [0.25, 0.3) is 0 Å². The van der Waals surface area contributed by atoms with Crippen molar-refractivity contribution in [2.75, 3.05) is 27.7 Å². The third-order valence-corrected chi connectivity index (χ3v) is 4.64. The third-order valence-electron chi connectivity index (χ3n) is 2.56. The molecule has 0 saturated heterocycles. The lowest BCUT2D eigenvalue weighted by molar-refractivity contribution is -0.128. The molecule has 1 aromatic carbocycles. The van der Waals surface area contributed by atoms with Crippen LogP contribution in [-0.4, -0.2) is 47.0 Å². The minimum atomic E-state index is -3.64. The number of benzene rings is 1. The minimum absolute atomic E-state index is 0.0585. The van der Waals surface area contributed by atoms with Crippen LogP contribution in [0.2, 0.25) is 0 Å². The van der Waals surface area contributed by atoms with E-state index in [0.29, 0.717) is 10.2 Å². The van der Waals surface area contributed by atoms with Crippen LogP contribution in [0.1, 0.15) is 6.42 Å². The molecule has 0 aliphatic rings. The predicted octanol–water partition coefficient (Wildman–Crippen LogP) is 1.21. The van der Waals surface area contributed by atoms with E-state index in [1.807, 2.05) is 0 Å². The summed E-state index contributed by atoms with van der Waals surface area (Å²) in [5.41, 5.74) is 0. The van der Waals surface area contributed by atoms with Crippen molar-refractivity contribution in [1.29, 1.82) is 0 Å². The molecule has 0 bridgehead atoms. The highest BCUT2D eigenvalue weighted by atomic mass is 79.9. The standard InChI is InChI=1S/C12H17BrN2O4S/c1-15(2)12(16)6-7-14-20(17,18)9-4-5-11(19-3)10(13)8-9/h4-5,8,14H,6-7H2,1-3H3. The molecule has 0 radical (unpaired) electrons. The van der Waals surface area contributed by atoms with Gasteiger partial charge in [0.25, 0.3) is 0 Å². The van der Waals surface area contributed by atoms with Crippen LogP contribution in [-0.2, 0) is 14.8 Å². The molecule has 0 heterocycles. The Kier molecular flexibility index (Phi) is 5.97. The highest BCUT2D eigenvalue weighted by Gasteiger charge is 2.16. The number of hydrogen-bond donors (Lipinski definition) is 1. The molecule has 0 atom stereocenters. The summed E-state index contributed by atoms with van der Waals surface area (Å²) in [5, 5.41) is 0. The maximum Gasteiger partial charge on any atom is 0.240 e. The fourth-order valence-electron chi connectivity index (χ4n) is 1.41. The van der Waals surface area contributed by atoms with Crippen molar-refractivity contribution >= 4 is 31.9 Å². The van der Waals surface area contributed by atoms with Crippen molar-refractivity contribution in [2.24, 2.45) is 0 Å². The highest BCUT2D eigenvalue weighted by molar-refractivity contribution is 9.10. The highest BCUT2D eigenvalue weighted by Crippen LogP contribution is 2.27. The van der Waals surface area contributed by atoms with E-state index in [1.165, 1.54) is 24.1 Å². The van der Waals surface area contributed by atoms with Gasteiger partial charge in [0.1, 0.15) is 5.75 Å². The third kappa shape index (κ3) is 4.46. The Labute approximate surface area is 127 Å². The van der Waals surface area contributed by atoms with Gasteiger partial charge in [0, 0.05) is 27.1 Å². The minimum Gasteiger partial charge on any atom is -0.496 e. The summed E-state index contributed by atoms with van der Waals surface area (Å²) in [7, 11) is 1.11. The molecular weight excluding hydrogens is 348 g/mol. The van der Waals surface area contributed by atoms with E-state index in [-0.39, 0.29) is 23.8 Å². The molecule has 0 aliphatic heterocycles. The molecule has 0 saturated carbocycles. The number of hydrogen-bond acceptors (Lipinski definition) is 4. The number of halogens is 1. The van der Waals surface area contributed by atoms with Gasteiger partial charge in [-0.15, -0.1) is 0 Å². The van der Waals surface area contributed by atoms with Gasteiger partial charge >= 0.3 is 0 Å². The molecule has 0 aromatic heterocycles. The number of carbonyl (C=O) groups is 1. The van der Waals surface area contributed by atoms with Crippen LogP contribution in [0.4, 0.5) is 0 Å². The second-order valence-corrected chi connectivity index (χ2v) is 6.85. The van der Waals surface area contributed by atoms with Crippen LogP contribution >= 0.6 is 15.9 Å². The Morgan fingerprint density at radius 3 is 2.55 bits per heavy atom. The largest absolute Gasteiger partial charge is 0.496 e. The zero-order valence-electron chi connectivity index (χ0n) is 11.5. The van der Waals surface area contributed by atoms with Crippen LogP contribution in [0.5, 0.6) is 5.75 Å². The molecule has 1 N–H and O–H groups in total.